The molecule has 2 heteroatoms. The third kappa shape index (κ3) is 0.874. The van der Waals surface area contributed by atoms with Crippen LogP contribution in [-0.4, -0.2) is 18.9 Å². The lowest BCUT2D eigenvalue weighted by atomic mass is 9.78. The van der Waals surface area contributed by atoms with Crippen molar-refractivity contribution in [2.45, 2.75) is 25.0 Å². The predicted octanol–water partition coefficient (Wildman–Crippen LogP) is 2.70. The maximum atomic E-state index is 6.02. The van der Waals surface area contributed by atoms with Crippen molar-refractivity contribution in [1.29, 1.82) is 0 Å². The molecule has 0 spiro atoms. The Balaban J connectivity index is 2.28. The topological polar surface area (TPSA) is 12.5 Å². The van der Waals surface area contributed by atoms with Crippen molar-refractivity contribution in [2.24, 2.45) is 0 Å². The molecule has 3 rings (SSSR count). The lowest BCUT2D eigenvalue weighted by Crippen LogP contribution is -2.51. The van der Waals surface area contributed by atoms with Gasteiger partial charge < -0.3 is 9.64 Å². The summed E-state index contributed by atoms with van der Waals surface area (Å²) in [5, 5.41) is 0. The van der Waals surface area contributed by atoms with Gasteiger partial charge >= 0.3 is 0 Å². The van der Waals surface area contributed by atoms with E-state index in [2.05, 4.69) is 49.6 Å². The minimum absolute atomic E-state index is 0.0398. The molecule has 1 unspecified atom stereocenters. The van der Waals surface area contributed by atoms with E-state index < -0.39 is 0 Å². The minimum atomic E-state index is -0.351. The smallest absolute Gasteiger partial charge is 0.169 e. The summed E-state index contributed by atoms with van der Waals surface area (Å²) >= 11 is 0. The first kappa shape index (κ1) is 9.91. The quantitative estimate of drug-likeness (QED) is 0.668. The normalized spacial score (nSPS) is 30.0. The van der Waals surface area contributed by atoms with Crippen molar-refractivity contribution in [3.8, 4) is 0 Å². The summed E-state index contributed by atoms with van der Waals surface area (Å²) in [5.41, 5.74) is 2.26. The molecule has 0 amide bonds. The highest BCUT2D eigenvalue weighted by Gasteiger charge is 2.58. The number of fused-ring (bicyclic) bond motifs is 3. The molecule has 0 bridgehead atoms. The van der Waals surface area contributed by atoms with Gasteiger partial charge in [-0.15, -0.1) is 0 Å². The molecule has 0 aliphatic carbocycles. The Morgan fingerprint density at radius 1 is 1.38 bits per heavy atom. The average Bonchev–Trinajstić information content (AvgIpc) is 2.79. The van der Waals surface area contributed by atoms with Crippen LogP contribution in [0.1, 0.15) is 19.4 Å². The third-order valence-corrected chi connectivity index (χ3v) is 4.08. The maximum absolute atomic E-state index is 6.02. The van der Waals surface area contributed by atoms with Crippen LogP contribution in [0.15, 0.2) is 36.9 Å². The molecular weight excluding hydrogens is 198 g/mol. The second-order valence-corrected chi connectivity index (χ2v) is 5.04. The zero-order valence-corrected chi connectivity index (χ0v) is 9.86. The largest absolute Gasteiger partial charge is 0.349 e. The summed E-state index contributed by atoms with van der Waals surface area (Å²) in [7, 11) is 0. The van der Waals surface area contributed by atoms with Crippen molar-refractivity contribution >= 4 is 5.69 Å². The molecule has 1 aromatic carbocycles. The van der Waals surface area contributed by atoms with Crippen LogP contribution >= 0.6 is 0 Å². The summed E-state index contributed by atoms with van der Waals surface area (Å²) in [6.45, 7) is 10.2. The zero-order chi connectivity index (χ0) is 11.4. The van der Waals surface area contributed by atoms with Crippen LogP contribution < -0.4 is 4.90 Å². The Morgan fingerprint density at radius 3 is 2.88 bits per heavy atom. The number of anilines is 1. The fourth-order valence-corrected chi connectivity index (χ4v) is 3.21. The van der Waals surface area contributed by atoms with Gasteiger partial charge in [0.1, 0.15) is 0 Å². The molecule has 1 fully saturated rings. The van der Waals surface area contributed by atoms with E-state index in [0.29, 0.717) is 0 Å². The second-order valence-electron chi connectivity index (χ2n) is 5.04. The molecule has 1 saturated heterocycles. The lowest BCUT2D eigenvalue weighted by Gasteiger charge is -2.39. The first-order chi connectivity index (χ1) is 7.63. The van der Waals surface area contributed by atoms with Gasteiger partial charge in [0.25, 0.3) is 0 Å². The Bertz CT molecular complexity index is 452. The summed E-state index contributed by atoms with van der Waals surface area (Å²) in [6.07, 6.45) is 1.96. The van der Waals surface area contributed by atoms with E-state index in [1.165, 1.54) is 11.3 Å². The average molecular weight is 215 g/mol. The molecule has 0 aromatic heterocycles. The molecule has 2 aliphatic rings. The van der Waals surface area contributed by atoms with Gasteiger partial charge in [0, 0.05) is 17.6 Å². The molecule has 16 heavy (non-hydrogen) atoms. The fourth-order valence-electron chi connectivity index (χ4n) is 3.21. The number of nitrogens with zero attached hydrogens (tertiary/aromatic N) is 1. The van der Waals surface area contributed by atoms with Crippen molar-refractivity contribution < 1.29 is 4.74 Å². The van der Waals surface area contributed by atoms with Gasteiger partial charge in [-0.25, -0.2) is 0 Å². The van der Waals surface area contributed by atoms with Crippen LogP contribution in [0.4, 0.5) is 5.69 Å². The van der Waals surface area contributed by atoms with Crippen LogP contribution in [0.25, 0.3) is 0 Å². The maximum Gasteiger partial charge on any atom is 0.169 e. The van der Waals surface area contributed by atoms with Gasteiger partial charge in [-0.3, -0.25) is 0 Å². The Kier molecular flexibility index (Phi) is 1.79. The molecule has 2 nitrogen and oxygen atoms in total. The van der Waals surface area contributed by atoms with E-state index in [0.717, 1.165) is 13.2 Å². The Hall–Kier alpha value is -1.28. The number of hydrogen-bond acceptors (Lipinski definition) is 2. The van der Waals surface area contributed by atoms with E-state index in [9.17, 15) is 0 Å². The summed E-state index contributed by atoms with van der Waals surface area (Å²) in [6, 6.07) is 8.56. The van der Waals surface area contributed by atoms with Gasteiger partial charge in [-0.1, -0.05) is 38.6 Å². The highest BCUT2D eigenvalue weighted by Crippen LogP contribution is 2.54. The lowest BCUT2D eigenvalue weighted by molar-refractivity contribution is -0.0000177. The van der Waals surface area contributed by atoms with Crippen molar-refractivity contribution in [3.63, 3.8) is 0 Å². The van der Waals surface area contributed by atoms with E-state index in [1.54, 1.807) is 0 Å². The van der Waals surface area contributed by atoms with Gasteiger partial charge in [-0.2, -0.15) is 0 Å². The van der Waals surface area contributed by atoms with Crippen molar-refractivity contribution in [2.75, 3.05) is 18.1 Å². The Morgan fingerprint density at radius 2 is 2.12 bits per heavy atom. The molecule has 1 atom stereocenters. The van der Waals surface area contributed by atoms with E-state index >= 15 is 0 Å². The zero-order valence-electron chi connectivity index (χ0n) is 9.86. The first-order valence-corrected chi connectivity index (χ1v) is 5.78. The SMILES string of the molecule is C=CC12OCCN1c1ccccc1C2(C)C. The monoisotopic (exact) mass is 215 g/mol. The summed E-state index contributed by atoms with van der Waals surface area (Å²) in [4.78, 5) is 2.34. The number of hydrogen-bond donors (Lipinski definition) is 0. The van der Waals surface area contributed by atoms with Crippen LogP contribution in [0.3, 0.4) is 0 Å². The van der Waals surface area contributed by atoms with E-state index in [4.69, 9.17) is 4.74 Å². The fraction of sp³-hybridized carbons (Fsp3) is 0.429. The molecule has 0 N–H and O–H groups in total. The van der Waals surface area contributed by atoms with E-state index in [-0.39, 0.29) is 11.1 Å². The minimum Gasteiger partial charge on any atom is -0.349 e. The van der Waals surface area contributed by atoms with Gasteiger partial charge in [-0.05, 0) is 17.7 Å². The molecule has 84 valence electrons. The van der Waals surface area contributed by atoms with Gasteiger partial charge in [0.05, 0.1) is 6.61 Å². The van der Waals surface area contributed by atoms with Crippen LogP contribution in [0, 0.1) is 0 Å². The van der Waals surface area contributed by atoms with Gasteiger partial charge in [0.15, 0.2) is 5.72 Å². The molecule has 1 aromatic rings. The Labute approximate surface area is 96.5 Å². The highest BCUT2D eigenvalue weighted by molar-refractivity contribution is 5.67. The number of benzene rings is 1. The van der Waals surface area contributed by atoms with Crippen LogP contribution in [-0.2, 0) is 10.2 Å². The summed E-state index contributed by atoms with van der Waals surface area (Å²) in [5.74, 6) is 0. The molecule has 2 heterocycles. The summed E-state index contributed by atoms with van der Waals surface area (Å²) < 4.78 is 6.02. The standard InChI is InChI=1S/C14H17NO/c1-4-14-13(2,3)11-7-5-6-8-12(11)15(14)9-10-16-14/h4-8H,1,9-10H2,2-3H3. The van der Waals surface area contributed by atoms with Gasteiger partial charge in [0.2, 0.25) is 0 Å². The van der Waals surface area contributed by atoms with Crippen molar-refractivity contribution in [3.05, 3.63) is 42.5 Å². The number of para-hydroxylation sites is 1. The molecule has 0 saturated carbocycles. The first-order valence-electron chi connectivity index (χ1n) is 5.78. The number of rotatable bonds is 1. The molecule has 0 radical (unpaired) electrons. The van der Waals surface area contributed by atoms with Crippen molar-refractivity contribution in [1.82, 2.24) is 0 Å². The third-order valence-electron chi connectivity index (χ3n) is 4.08. The second kappa shape index (κ2) is 2.89. The molecular formula is C14H17NO. The van der Waals surface area contributed by atoms with Crippen LogP contribution in [0.5, 0.6) is 0 Å². The van der Waals surface area contributed by atoms with E-state index in [1.807, 2.05) is 6.08 Å². The van der Waals surface area contributed by atoms with Crippen LogP contribution in [0.2, 0.25) is 0 Å². The highest BCUT2D eigenvalue weighted by atomic mass is 16.5. The number of ether oxygens (including phenoxy) is 1. The molecule has 2 aliphatic heterocycles. The predicted molar refractivity (Wildman–Crippen MR) is 65.7 cm³/mol.